The number of fused-ring (bicyclic) bond motifs is 2. The van der Waals surface area contributed by atoms with Gasteiger partial charge in [0.15, 0.2) is 0 Å². The molecule has 0 radical (unpaired) electrons. The molecule has 4 nitrogen and oxygen atoms in total. The van der Waals surface area contributed by atoms with Gasteiger partial charge in [0, 0.05) is 11.7 Å². The molecule has 0 amide bonds. The van der Waals surface area contributed by atoms with Gasteiger partial charge in [0.05, 0.1) is 0 Å². The van der Waals surface area contributed by atoms with Crippen LogP contribution in [-0.4, -0.2) is 22.1 Å². The Labute approximate surface area is 106 Å². The molecule has 2 saturated carbocycles. The number of aromatic nitrogens is 1. The van der Waals surface area contributed by atoms with E-state index in [9.17, 15) is 9.90 Å². The Morgan fingerprint density at radius 2 is 2.22 bits per heavy atom. The summed E-state index contributed by atoms with van der Waals surface area (Å²) in [5.41, 5.74) is 1.13. The zero-order valence-electron chi connectivity index (χ0n) is 10.5. The molecule has 18 heavy (non-hydrogen) atoms. The van der Waals surface area contributed by atoms with Gasteiger partial charge in [0.1, 0.15) is 11.4 Å². The average Bonchev–Trinajstić information content (AvgIpc) is 2.90. The van der Waals surface area contributed by atoms with Crippen molar-refractivity contribution in [1.82, 2.24) is 4.98 Å². The highest BCUT2D eigenvalue weighted by Gasteiger charge is 2.39. The second-order valence-electron chi connectivity index (χ2n) is 5.58. The van der Waals surface area contributed by atoms with E-state index >= 15 is 0 Å². The van der Waals surface area contributed by atoms with Crippen molar-refractivity contribution in [3.05, 3.63) is 23.4 Å². The molecule has 3 atom stereocenters. The molecule has 1 heterocycles. The van der Waals surface area contributed by atoms with Crippen LogP contribution in [-0.2, 0) is 0 Å². The molecule has 2 aliphatic carbocycles. The summed E-state index contributed by atoms with van der Waals surface area (Å²) < 4.78 is 0. The van der Waals surface area contributed by atoms with Gasteiger partial charge in [-0.05, 0) is 50.2 Å². The first kappa shape index (κ1) is 11.5. The van der Waals surface area contributed by atoms with Crippen LogP contribution in [0.1, 0.15) is 41.7 Å². The Hall–Kier alpha value is -1.58. The number of carbonyl (C=O) groups is 1. The molecule has 2 N–H and O–H groups in total. The number of rotatable bonds is 3. The van der Waals surface area contributed by atoms with Crippen molar-refractivity contribution in [1.29, 1.82) is 0 Å². The second kappa shape index (κ2) is 4.26. The van der Waals surface area contributed by atoms with E-state index in [1.54, 1.807) is 12.1 Å². The van der Waals surface area contributed by atoms with Crippen LogP contribution in [0.4, 0.5) is 5.82 Å². The Morgan fingerprint density at radius 3 is 2.83 bits per heavy atom. The Kier molecular flexibility index (Phi) is 2.73. The zero-order valence-corrected chi connectivity index (χ0v) is 10.5. The Bertz CT molecular complexity index is 487. The van der Waals surface area contributed by atoms with Gasteiger partial charge in [-0.3, -0.25) is 0 Å². The molecule has 1 aromatic rings. The van der Waals surface area contributed by atoms with Gasteiger partial charge in [-0.1, -0.05) is 6.42 Å². The monoisotopic (exact) mass is 246 g/mol. The first-order valence-corrected chi connectivity index (χ1v) is 6.61. The van der Waals surface area contributed by atoms with Crippen LogP contribution in [0.3, 0.4) is 0 Å². The average molecular weight is 246 g/mol. The summed E-state index contributed by atoms with van der Waals surface area (Å²) in [6.45, 7) is 1.89. The second-order valence-corrected chi connectivity index (χ2v) is 5.58. The number of nitrogens with one attached hydrogen (secondary N) is 1. The number of aryl methyl sites for hydroxylation is 1. The van der Waals surface area contributed by atoms with E-state index in [0.29, 0.717) is 17.8 Å². The molecule has 2 fully saturated rings. The van der Waals surface area contributed by atoms with Crippen molar-refractivity contribution >= 4 is 11.8 Å². The summed E-state index contributed by atoms with van der Waals surface area (Å²) in [7, 11) is 0. The summed E-state index contributed by atoms with van der Waals surface area (Å²) in [6.07, 6.45) is 5.08. The molecular weight excluding hydrogens is 228 g/mol. The molecule has 0 spiro atoms. The SMILES string of the molecule is Cc1ccc(C(=O)O)c(NC2CC3CCC2C3)n1. The van der Waals surface area contributed by atoms with Crippen molar-refractivity contribution in [2.24, 2.45) is 11.8 Å². The third-order valence-corrected chi connectivity index (χ3v) is 4.33. The van der Waals surface area contributed by atoms with Crippen molar-refractivity contribution in [2.75, 3.05) is 5.32 Å². The lowest BCUT2D eigenvalue weighted by Gasteiger charge is -2.24. The van der Waals surface area contributed by atoms with Gasteiger partial charge in [0.25, 0.3) is 0 Å². The van der Waals surface area contributed by atoms with Crippen molar-refractivity contribution < 1.29 is 9.90 Å². The van der Waals surface area contributed by atoms with Crippen molar-refractivity contribution in [3.63, 3.8) is 0 Å². The van der Waals surface area contributed by atoms with Gasteiger partial charge in [-0.15, -0.1) is 0 Å². The van der Waals surface area contributed by atoms with Crippen molar-refractivity contribution in [2.45, 2.75) is 38.6 Å². The number of carboxylic acids is 1. The number of pyridine rings is 1. The maximum Gasteiger partial charge on any atom is 0.339 e. The summed E-state index contributed by atoms with van der Waals surface area (Å²) in [4.78, 5) is 15.5. The highest BCUT2D eigenvalue weighted by atomic mass is 16.4. The lowest BCUT2D eigenvalue weighted by molar-refractivity contribution is 0.0697. The molecular formula is C14H18N2O2. The molecule has 2 aliphatic rings. The lowest BCUT2D eigenvalue weighted by atomic mass is 9.95. The van der Waals surface area contributed by atoms with E-state index < -0.39 is 5.97 Å². The first-order chi connectivity index (χ1) is 8.63. The number of carboxylic acid groups (broad SMARTS) is 1. The number of hydrogen-bond donors (Lipinski definition) is 2. The van der Waals surface area contributed by atoms with E-state index in [2.05, 4.69) is 10.3 Å². The predicted octanol–water partition coefficient (Wildman–Crippen LogP) is 2.69. The molecule has 3 rings (SSSR count). The van der Waals surface area contributed by atoms with Gasteiger partial charge in [-0.2, -0.15) is 0 Å². The summed E-state index contributed by atoms with van der Waals surface area (Å²) in [5.74, 6) is 1.18. The fourth-order valence-electron chi connectivity index (χ4n) is 3.44. The number of anilines is 1. The van der Waals surface area contributed by atoms with Crippen LogP contribution in [0.15, 0.2) is 12.1 Å². The molecule has 2 bridgehead atoms. The Morgan fingerprint density at radius 1 is 1.39 bits per heavy atom. The third kappa shape index (κ3) is 1.96. The molecule has 0 aromatic carbocycles. The van der Waals surface area contributed by atoms with E-state index in [0.717, 1.165) is 11.6 Å². The standard InChI is InChI=1S/C14H18N2O2/c1-8-2-5-11(14(17)18)13(15-8)16-12-7-9-3-4-10(12)6-9/h2,5,9-10,12H,3-4,6-7H2,1H3,(H,15,16)(H,17,18). The molecule has 4 heteroatoms. The maximum atomic E-state index is 11.2. The van der Waals surface area contributed by atoms with Gasteiger partial charge >= 0.3 is 5.97 Å². The minimum atomic E-state index is -0.909. The highest BCUT2D eigenvalue weighted by Crippen LogP contribution is 2.45. The lowest BCUT2D eigenvalue weighted by Crippen LogP contribution is -2.27. The van der Waals surface area contributed by atoms with E-state index in [4.69, 9.17) is 0 Å². The van der Waals surface area contributed by atoms with Gasteiger partial charge in [-0.25, -0.2) is 9.78 Å². The molecule has 0 saturated heterocycles. The molecule has 1 aromatic heterocycles. The van der Waals surface area contributed by atoms with Crippen LogP contribution in [0.2, 0.25) is 0 Å². The largest absolute Gasteiger partial charge is 0.478 e. The van der Waals surface area contributed by atoms with E-state index in [1.165, 1.54) is 25.7 Å². The van der Waals surface area contributed by atoms with Gasteiger partial charge in [0.2, 0.25) is 0 Å². The molecule has 3 unspecified atom stereocenters. The minimum Gasteiger partial charge on any atom is -0.478 e. The van der Waals surface area contributed by atoms with Gasteiger partial charge < -0.3 is 10.4 Å². The minimum absolute atomic E-state index is 0.281. The van der Waals surface area contributed by atoms with E-state index in [1.807, 2.05) is 6.92 Å². The summed E-state index contributed by atoms with van der Waals surface area (Å²) in [6, 6.07) is 3.80. The number of nitrogens with zero attached hydrogens (tertiary/aromatic N) is 1. The quantitative estimate of drug-likeness (QED) is 0.860. The highest BCUT2D eigenvalue weighted by molar-refractivity contribution is 5.93. The number of hydrogen-bond acceptors (Lipinski definition) is 3. The first-order valence-electron chi connectivity index (χ1n) is 6.61. The Balaban J connectivity index is 1.83. The van der Waals surface area contributed by atoms with Crippen molar-refractivity contribution in [3.8, 4) is 0 Å². The molecule has 96 valence electrons. The third-order valence-electron chi connectivity index (χ3n) is 4.33. The topological polar surface area (TPSA) is 62.2 Å². The predicted molar refractivity (Wildman–Crippen MR) is 68.8 cm³/mol. The van der Waals surface area contributed by atoms with E-state index in [-0.39, 0.29) is 5.56 Å². The fraction of sp³-hybridized carbons (Fsp3) is 0.571. The van der Waals surface area contributed by atoms with Crippen LogP contribution in [0, 0.1) is 18.8 Å². The van der Waals surface area contributed by atoms with Crippen LogP contribution in [0.5, 0.6) is 0 Å². The van der Waals surface area contributed by atoms with Crippen LogP contribution >= 0.6 is 0 Å². The molecule has 0 aliphatic heterocycles. The fourth-order valence-corrected chi connectivity index (χ4v) is 3.44. The summed E-state index contributed by atoms with van der Waals surface area (Å²) >= 11 is 0. The zero-order chi connectivity index (χ0) is 12.7. The summed E-state index contributed by atoms with van der Waals surface area (Å²) in [5, 5.41) is 12.6. The number of aromatic carboxylic acids is 1. The van der Waals surface area contributed by atoms with Crippen LogP contribution in [0.25, 0.3) is 0 Å². The van der Waals surface area contributed by atoms with Crippen LogP contribution < -0.4 is 5.32 Å². The smallest absolute Gasteiger partial charge is 0.339 e. The maximum absolute atomic E-state index is 11.2. The normalized spacial score (nSPS) is 29.5.